The molecule has 0 aliphatic carbocycles. The van der Waals surface area contributed by atoms with Crippen LogP contribution >= 0.6 is 11.3 Å². The van der Waals surface area contributed by atoms with Crippen LogP contribution in [0.5, 0.6) is 0 Å². The number of anilines is 2. The number of aromatic nitrogens is 1. The molecule has 0 spiro atoms. The van der Waals surface area contributed by atoms with Crippen molar-refractivity contribution in [3.8, 4) is 10.6 Å². The first kappa shape index (κ1) is 16.9. The molecule has 2 amide bonds. The molecule has 0 saturated heterocycles. The molecule has 2 N–H and O–H groups in total. The van der Waals surface area contributed by atoms with E-state index in [-0.39, 0.29) is 11.8 Å². The number of thiazole rings is 1. The molecule has 6 heteroatoms. The van der Waals surface area contributed by atoms with Crippen LogP contribution in [0.2, 0.25) is 0 Å². The van der Waals surface area contributed by atoms with Crippen molar-refractivity contribution in [2.75, 3.05) is 10.6 Å². The fourth-order valence-corrected chi connectivity index (χ4v) is 3.03. The summed E-state index contributed by atoms with van der Waals surface area (Å²) >= 11 is 1.34. The number of carbonyl (C=O) groups excluding carboxylic acids is 2. The Morgan fingerprint density at radius 2 is 1.72 bits per heavy atom. The summed E-state index contributed by atoms with van der Waals surface area (Å²) in [6.45, 7) is 1.79. The molecule has 25 heavy (non-hydrogen) atoms. The summed E-state index contributed by atoms with van der Waals surface area (Å²) in [6.07, 6.45) is 1.98. The molecule has 0 aliphatic rings. The zero-order chi connectivity index (χ0) is 17.6. The molecule has 1 heterocycles. The van der Waals surface area contributed by atoms with Crippen molar-refractivity contribution in [3.63, 3.8) is 0 Å². The summed E-state index contributed by atoms with van der Waals surface area (Å²) in [5, 5.41) is 6.41. The largest absolute Gasteiger partial charge is 0.326 e. The van der Waals surface area contributed by atoms with Crippen molar-refractivity contribution in [3.05, 3.63) is 65.7 Å². The molecule has 0 saturated carbocycles. The summed E-state index contributed by atoms with van der Waals surface area (Å²) in [5.74, 6) is -0.294. The van der Waals surface area contributed by atoms with Crippen LogP contribution in [0, 0.1) is 0 Å². The maximum absolute atomic E-state index is 12.4. The second-order valence-electron chi connectivity index (χ2n) is 5.33. The molecule has 0 fully saturated rings. The van der Waals surface area contributed by atoms with Crippen molar-refractivity contribution >= 4 is 34.5 Å². The third-order valence-electron chi connectivity index (χ3n) is 3.48. The monoisotopic (exact) mass is 351 g/mol. The minimum absolute atomic E-state index is 0.0709. The Balaban J connectivity index is 1.71. The third-order valence-corrected chi connectivity index (χ3v) is 4.52. The van der Waals surface area contributed by atoms with Crippen molar-refractivity contribution < 1.29 is 9.59 Å². The summed E-state index contributed by atoms with van der Waals surface area (Å²) in [7, 11) is 0. The zero-order valence-electron chi connectivity index (χ0n) is 13.7. The first-order valence-electron chi connectivity index (χ1n) is 7.88. The number of carbonyl (C=O) groups is 2. The molecular formula is C19H17N3O2S. The van der Waals surface area contributed by atoms with Gasteiger partial charge in [0.05, 0.1) is 6.20 Å². The topological polar surface area (TPSA) is 71.1 Å². The van der Waals surface area contributed by atoms with Crippen LogP contribution in [-0.4, -0.2) is 16.8 Å². The van der Waals surface area contributed by atoms with Gasteiger partial charge in [-0.1, -0.05) is 43.3 Å². The van der Waals surface area contributed by atoms with Gasteiger partial charge in [0.15, 0.2) is 0 Å². The van der Waals surface area contributed by atoms with E-state index in [2.05, 4.69) is 15.6 Å². The number of rotatable bonds is 5. The van der Waals surface area contributed by atoms with Crippen molar-refractivity contribution in [1.82, 2.24) is 4.98 Å². The van der Waals surface area contributed by atoms with Gasteiger partial charge in [-0.3, -0.25) is 9.59 Å². The fraction of sp³-hybridized carbons (Fsp3) is 0.105. The van der Waals surface area contributed by atoms with Crippen LogP contribution in [0.3, 0.4) is 0 Å². The molecule has 0 bridgehead atoms. The molecule has 2 aromatic carbocycles. The average molecular weight is 351 g/mol. The lowest BCUT2D eigenvalue weighted by molar-refractivity contribution is -0.115. The predicted molar refractivity (Wildman–Crippen MR) is 101 cm³/mol. The molecule has 3 aromatic rings. The van der Waals surface area contributed by atoms with Crippen LogP contribution < -0.4 is 10.6 Å². The minimum Gasteiger partial charge on any atom is -0.326 e. The van der Waals surface area contributed by atoms with E-state index in [1.165, 1.54) is 11.3 Å². The lowest BCUT2D eigenvalue weighted by atomic mass is 10.2. The molecule has 5 nitrogen and oxygen atoms in total. The van der Waals surface area contributed by atoms with Gasteiger partial charge in [-0.05, 0) is 18.2 Å². The Morgan fingerprint density at radius 1 is 1.00 bits per heavy atom. The zero-order valence-corrected chi connectivity index (χ0v) is 14.5. The van der Waals surface area contributed by atoms with Crippen LogP contribution in [-0.2, 0) is 4.79 Å². The molecule has 0 unspecified atom stereocenters. The van der Waals surface area contributed by atoms with Crippen molar-refractivity contribution in [2.45, 2.75) is 13.3 Å². The van der Waals surface area contributed by atoms with E-state index in [9.17, 15) is 9.59 Å². The third kappa shape index (κ3) is 4.30. The number of hydrogen-bond donors (Lipinski definition) is 2. The second kappa shape index (κ2) is 7.72. The highest BCUT2D eigenvalue weighted by Gasteiger charge is 2.12. The van der Waals surface area contributed by atoms with E-state index in [1.54, 1.807) is 37.4 Å². The highest BCUT2D eigenvalue weighted by Crippen LogP contribution is 2.25. The van der Waals surface area contributed by atoms with Gasteiger partial charge in [-0.25, -0.2) is 4.98 Å². The number of hydrogen-bond acceptors (Lipinski definition) is 4. The lowest BCUT2D eigenvalue weighted by Crippen LogP contribution is -2.12. The van der Waals surface area contributed by atoms with E-state index in [4.69, 9.17) is 0 Å². The molecule has 0 radical (unpaired) electrons. The molecule has 0 atom stereocenters. The Hall–Kier alpha value is -2.99. The summed E-state index contributed by atoms with van der Waals surface area (Å²) in [5.41, 5.74) is 2.25. The van der Waals surface area contributed by atoms with Gasteiger partial charge >= 0.3 is 0 Å². The van der Waals surface area contributed by atoms with Crippen molar-refractivity contribution in [2.24, 2.45) is 0 Å². The van der Waals surface area contributed by atoms with E-state index in [1.807, 2.05) is 30.3 Å². The Labute approximate surface area is 149 Å². The van der Waals surface area contributed by atoms with Gasteiger partial charge in [0.2, 0.25) is 5.91 Å². The fourth-order valence-electron chi connectivity index (χ4n) is 2.21. The molecule has 3 rings (SSSR count). The Kier molecular flexibility index (Phi) is 5.20. The smallest absolute Gasteiger partial charge is 0.267 e. The summed E-state index contributed by atoms with van der Waals surface area (Å²) < 4.78 is 0. The van der Waals surface area contributed by atoms with Gasteiger partial charge in [-0.15, -0.1) is 11.3 Å². The highest BCUT2D eigenvalue weighted by atomic mass is 32.1. The molecule has 0 aliphatic heterocycles. The normalized spacial score (nSPS) is 10.3. The Morgan fingerprint density at radius 3 is 2.44 bits per heavy atom. The summed E-state index contributed by atoms with van der Waals surface area (Å²) in [6, 6.07) is 16.8. The molecular weight excluding hydrogens is 334 g/mol. The van der Waals surface area contributed by atoms with Gasteiger partial charge in [0.25, 0.3) is 5.91 Å². The van der Waals surface area contributed by atoms with Crippen LogP contribution in [0.15, 0.2) is 60.8 Å². The van der Waals surface area contributed by atoms with Gasteiger partial charge in [-0.2, -0.15) is 0 Å². The first-order valence-corrected chi connectivity index (χ1v) is 8.70. The van der Waals surface area contributed by atoms with Gasteiger partial charge < -0.3 is 10.6 Å². The standard InChI is InChI=1S/C19H17N3O2S/c1-2-17(23)21-14-9-6-10-15(11-14)22-18(24)16-12-20-19(25-16)13-7-4-3-5-8-13/h3-12H,2H2,1H3,(H,21,23)(H,22,24). The number of amides is 2. The summed E-state index contributed by atoms with van der Waals surface area (Å²) in [4.78, 5) is 28.7. The Bertz CT molecular complexity index is 890. The van der Waals surface area contributed by atoms with E-state index in [0.29, 0.717) is 22.7 Å². The number of nitrogens with zero attached hydrogens (tertiary/aromatic N) is 1. The molecule has 1 aromatic heterocycles. The van der Waals surface area contributed by atoms with E-state index >= 15 is 0 Å². The predicted octanol–water partition coefficient (Wildman–Crippen LogP) is 4.41. The average Bonchev–Trinajstić information content (AvgIpc) is 3.13. The lowest BCUT2D eigenvalue weighted by Gasteiger charge is -2.07. The number of nitrogens with one attached hydrogen (secondary N) is 2. The van der Waals surface area contributed by atoms with Crippen LogP contribution in [0.1, 0.15) is 23.0 Å². The maximum atomic E-state index is 12.4. The minimum atomic E-state index is -0.223. The van der Waals surface area contributed by atoms with Gasteiger partial charge in [0.1, 0.15) is 9.88 Å². The van der Waals surface area contributed by atoms with Crippen LogP contribution in [0.4, 0.5) is 11.4 Å². The van der Waals surface area contributed by atoms with Crippen molar-refractivity contribution in [1.29, 1.82) is 0 Å². The highest BCUT2D eigenvalue weighted by molar-refractivity contribution is 7.17. The van der Waals surface area contributed by atoms with Gasteiger partial charge in [0, 0.05) is 23.4 Å². The number of benzene rings is 2. The SMILES string of the molecule is CCC(=O)Nc1cccc(NC(=O)c2cnc(-c3ccccc3)s2)c1. The first-order chi connectivity index (χ1) is 12.2. The van der Waals surface area contributed by atoms with Crippen LogP contribution in [0.25, 0.3) is 10.6 Å². The van der Waals surface area contributed by atoms with E-state index < -0.39 is 0 Å². The molecule has 126 valence electrons. The van der Waals surface area contributed by atoms with E-state index in [0.717, 1.165) is 10.6 Å². The maximum Gasteiger partial charge on any atom is 0.267 e. The second-order valence-corrected chi connectivity index (χ2v) is 6.36. The quantitative estimate of drug-likeness (QED) is 0.715.